The molecular formula is C10H16N4OS. The molecule has 0 saturated heterocycles. The van der Waals surface area contributed by atoms with Crippen LogP contribution in [0.4, 0.5) is 0 Å². The quantitative estimate of drug-likeness (QED) is 0.757. The normalized spacial score (nSPS) is 18.8. The van der Waals surface area contributed by atoms with Crippen molar-refractivity contribution in [1.29, 1.82) is 0 Å². The van der Waals surface area contributed by atoms with Gasteiger partial charge in [-0.25, -0.2) is 9.98 Å². The molecule has 1 fully saturated rings. The predicted octanol–water partition coefficient (Wildman–Crippen LogP) is 0.178. The summed E-state index contributed by atoms with van der Waals surface area (Å²) < 4.78 is 13.3. The molecule has 5 nitrogen and oxygen atoms in total. The van der Waals surface area contributed by atoms with Gasteiger partial charge in [-0.3, -0.25) is 4.21 Å². The average molecular weight is 240 g/mol. The zero-order valence-electron chi connectivity index (χ0n) is 9.80. The summed E-state index contributed by atoms with van der Waals surface area (Å²) in [5, 5.41) is 0.384. The highest BCUT2D eigenvalue weighted by Crippen LogP contribution is 2.22. The van der Waals surface area contributed by atoms with Crippen molar-refractivity contribution in [3.05, 3.63) is 11.4 Å². The third-order valence-corrected chi connectivity index (χ3v) is 3.22. The summed E-state index contributed by atoms with van der Waals surface area (Å²) >= 11 is 0. The molecular weight excluding hydrogens is 224 g/mol. The van der Waals surface area contributed by atoms with Crippen molar-refractivity contribution in [2.45, 2.75) is 37.4 Å². The Bertz CT molecular complexity index is 490. The number of aromatic nitrogens is 3. The maximum atomic E-state index is 11.4. The lowest BCUT2D eigenvalue weighted by atomic mass is 10.4. The van der Waals surface area contributed by atoms with Crippen LogP contribution >= 0.6 is 0 Å². The van der Waals surface area contributed by atoms with E-state index < -0.39 is 10.8 Å². The number of aryl methyl sites for hydroxylation is 1. The predicted molar refractivity (Wildman–Crippen MR) is 61.3 cm³/mol. The minimum atomic E-state index is -1.15. The Morgan fingerprint density at radius 3 is 2.69 bits per heavy atom. The highest BCUT2D eigenvalue weighted by Gasteiger charge is 2.20. The molecule has 1 aromatic rings. The average Bonchev–Trinajstić information content (AvgIpc) is 3.04. The third-order valence-electron chi connectivity index (χ3n) is 2.53. The molecule has 1 heterocycles. The molecule has 6 heteroatoms. The van der Waals surface area contributed by atoms with Crippen LogP contribution in [0.3, 0.4) is 0 Å². The van der Waals surface area contributed by atoms with Crippen molar-refractivity contribution in [2.75, 3.05) is 6.26 Å². The van der Waals surface area contributed by atoms with Crippen LogP contribution in [0.15, 0.2) is 10.1 Å². The van der Waals surface area contributed by atoms with Gasteiger partial charge in [0.1, 0.15) is 5.82 Å². The van der Waals surface area contributed by atoms with Crippen LogP contribution in [0.25, 0.3) is 0 Å². The molecule has 1 atom stereocenters. The van der Waals surface area contributed by atoms with E-state index in [1.807, 2.05) is 18.5 Å². The Morgan fingerprint density at radius 1 is 1.50 bits per heavy atom. The Labute approximate surface area is 97.1 Å². The van der Waals surface area contributed by atoms with Crippen molar-refractivity contribution in [3.8, 4) is 0 Å². The van der Waals surface area contributed by atoms with Crippen LogP contribution in [0.5, 0.6) is 0 Å². The molecule has 88 valence electrons. The molecule has 1 saturated carbocycles. The summed E-state index contributed by atoms with van der Waals surface area (Å²) in [6.45, 7) is 2.02. The van der Waals surface area contributed by atoms with E-state index in [0.29, 0.717) is 16.8 Å². The van der Waals surface area contributed by atoms with E-state index in [2.05, 4.69) is 15.0 Å². The van der Waals surface area contributed by atoms with Crippen molar-refractivity contribution in [2.24, 2.45) is 12.0 Å². The van der Waals surface area contributed by atoms with Gasteiger partial charge in [0.15, 0.2) is 0 Å². The van der Waals surface area contributed by atoms with Crippen LogP contribution < -0.4 is 5.62 Å². The molecule has 2 rings (SSSR count). The molecule has 0 amide bonds. The van der Waals surface area contributed by atoms with E-state index >= 15 is 0 Å². The summed E-state index contributed by atoms with van der Waals surface area (Å²) in [7, 11) is 0.756. The molecule has 0 radical (unpaired) electrons. The zero-order chi connectivity index (χ0) is 11.7. The maximum absolute atomic E-state index is 11.4. The summed E-state index contributed by atoms with van der Waals surface area (Å²) in [6, 6.07) is 0.406. The first-order valence-corrected chi connectivity index (χ1v) is 6.98. The van der Waals surface area contributed by atoms with Crippen LogP contribution in [-0.2, 0) is 24.3 Å². The lowest BCUT2D eigenvalue weighted by molar-refractivity contribution is 0.617. The first-order valence-electron chi connectivity index (χ1n) is 5.43. The standard InChI is InChI=1S/C10H16N4OS/c1-4-8-12-10(16(3)15)13-9(14(8)2)11-7-5-6-7/h7H,4-6H2,1-3H3. The summed E-state index contributed by atoms with van der Waals surface area (Å²) in [4.78, 5) is 13.0. The van der Waals surface area contributed by atoms with Gasteiger partial charge in [0.25, 0.3) is 0 Å². The monoisotopic (exact) mass is 240 g/mol. The van der Waals surface area contributed by atoms with Gasteiger partial charge in [0.05, 0.1) is 16.8 Å². The highest BCUT2D eigenvalue weighted by atomic mass is 32.2. The molecule has 0 aromatic carbocycles. The summed E-state index contributed by atoms with van der Waals surface area (Å²) in [5.74, 6) is 0.875. The number of hydrogen-bond donors (Lipinski definition) is 0. The summed E-state index contributed by atoms with van der Waals surface area (Å²) in [5.41, 5.74) is 0.652. The lowest BCUT2D eigenvalue weighted by Crippen LogP contribution is -2.28. The number of nitrogens with zero attached hydrogens (tertiary/aromatic N) is 4. The minimum absolute atomic E-state index is 0.384. The maximum Gasteiger partial charge on any atom is 0.228 e. The van der Waals surface area contributed by atoms with Gasteiger partial charge in [-0.2, -0.15) is 4.98 Å². The van der Waals surface area contributed by atoms with Crippen molar-refractivity contribution in [3.63, 3.8) is 0 Å². The van der Waals surface area contributed by atoms with E-state index in [9.17, 15) is 4.21 Å². The zero-order valence-corrected chi connectivity index (χ0v) is 10.6. The second-order valence-corrected chi connectivity index (χ2v) is 5.22. The van der Waals surface area contributed by atoms with E-state index in [1.54, 1.807) is 6.26 Å². The topological polar surface area (TPSA) is 60.1 Å². The van der Waals surface area contributed by atoms with Gasteiger partial charge in [-0.15, -0.1) is 0 Å². The number of rotatable bonds is 3. The van der Waals surface area contributed by atoms with E-state index in [4.69, 9.17) is 0 Å². The first-order chi connectivity index (χ1) is 7.61. The summed E-state index contributed by atoms with van der Waals surface area (Å²) in [6.07, 6.45) is 4.65. The molecule has 1 unspecified atom stereocenters. The second-order valence-electron chi connectivity index (χ2n) is 3.95. The van der Waals surface area contributed by atoms with Gasteiger partial charge in [-0.1, -0.05) is 6.92 Å². The molecule has 1 aliphatic carbocycles. The fraction of sp³-hybridized carbons (Fsp3) is 0.700. The molecule has 1 aromatic heterocycles. The first kappa shape index (κ1) is 11.4. The second kappa shape index (κ2) is 4.45. The van der Waals surface area contributed by atoms with Gasteiger partial charge < -0.3 is 4.57 Å². The Hall–Kier alpha value is -1.04. The number of hydrogen-bond acceptors (Lipinski definition) is 4. The SMILES string of the molecule is CCc1nc(S(C)=O)nc(=NC2CC2)n1C. The third kappa shape index (κ3) is 2.37. The molecule has 1 aliphatic rings. The molecule has 0 aliphatic heterocycles. The van der Waals surface area contributed by atoms with Crippen molar-refractivity contribution < 1.29 is 4.21 Å². The molecule has 16 heavy (non-hydrogen) atoms. The largest absolute Gasteiger partial charge is 0.302 e. The van der Waals surface area contributed by atoms with Gasteiger partial charge in [0.2, 0.25) is 10.8 Å². The van der Waals surface area contributed by atoms with E-state index in [-0.39, 0.29) is 0 Å². The fourth-order valence-corrected chi connectivity index (χ4v) is 1.86. The molecule has 0 bridgehead atoms. The Balaban J connectivity index is 2.57. The van der Waals surface area contributed by atoms with Gasteiger partial charge in [-0.05, 0) is 12.8 Å². The van der Waals surface area contributed by atoms with E-state index in [1.165, 1.54) is 0 Å². The van der Waals surface area contributed by atoms with Gasteiger partial charge in [0, 0.05) is 19.7 Å². The smallest absolute Gasteiger partial charge is 0.228 e. The van der Waals surface area contributed by atoms with Crippen molar-refractivity contribution >= 4 is 10.8 Å². The van der Waals surface area contributed by atoms with Crippen LogP contribution in [-0.4, -0.2) is 31.0 Å². The van der Waals surface area contributed by atoms with Gasteiger partial charge >= 0.3 is 0 Å². The van der Waals surface area contributed by atoms with E-state index in [0.717, 1.165) is 25.1 Å². The van der Waals surface area contributed by atoms with Crippen LogP contribution in [0.1, 0.15) is 25.6 Å². The van der Waals surface area contributed by atoms with Crippen LogP contribution in [0.2, 0.25) is 0 Å². The molecule has 0 N–H and O–H groups in total. The fourth-order valence-electron chi connectivity index (χ4n) is 1.41. The molecule has 0 spiro atoms. The highest BCUT2D eigenvalue weighted by molar-refractivity contribution is 7.84. The van der Waals surface area contributed by atoms with Crippen LogP contribution in [0, 0.1) is 0 Å². The van der Waals surface area contributed by atoms with Crippen molar-refractivity contribution in [1.82, 2.24) is 14.5 Å². The lowest BCUT2D eigenvalue weighted by Gasteiger charge is -2.07. The Morgan fingerprint density at radius 2 is 2.19 bits per heavy atom. The Kier molecular flexibility index (Phi) is 3.18. The minimum Gasteiger partial charge on any atom is -0.302 e.